The van der Waals surface area contributed by atoms with Crippen LogP contribution in [0.5, 0.6) is 0 Å². The van der Waals surface area contributed by atoms with Crippen molar-refractivity contribution in [2.45, 2.75) is 44.9 Å². The fraction of sp³-hybridized carbons (Fsp3) is 0.600. The first-order chi connectivity index (χ1) is 9.23. The average Bonchev–Trinajstić information content (AvgIpc) is 2.83. The molecule has 2 N–H and O–H groups in total. The fourth-order valence-corrected chi connectivity index (χ4v) is 3.23. The zero-order valence-corrected chi connectivity index (χ0v) is 11.8. The minimum Gasteiger partial charge on any atom is -0.340 e. The molecule has 2 aromatic heterocycles. The van der Waals surface area contributed by atoms with Crippen LogP contribution in [0.3, 0.4) is 0 Å². The van der Waals surface area contributed by atoms with Crippen molar-refractivity contribution in [1.82, 2.24) is 20.3 Å². The maximum atomic E-state index is 4.79. The molecular weight excluding hydrogens is 236 g/mol. The molecule has 3 rings (SSSR count). The minimum atomic E-state index is 0.217. The predicted octanol–water partition coefficient (Wildman–Crippen LogP) is 2.69. The highest BCUT2D eigenvalue weighted by molar-refractivity contribution is 5.70. The van der Waals surface area contributed by atoms with E-state index in [-0.39, 0.29) is 5.41 Å². The SMILES string of the molecule is CCCC1(c2nc3nc(C)ccc3[nH]2)CCNCC1. The van der Waals surface area contributed by atoms with Crippen LogP contribution in [0, 0.1) is 6.92 Å². The molecule has 0 amide bonds. The monoisotopic (exact) mass is 258 g/mol. The summed E-state index contributed by atoms with van der Waals surface area (Å²) in [7, 11) is 0. The minimum absolute atomic E-state index is 0.217. The number of aryl methyl sites for hydroxylation is 1. The van der Waals surface area contributed by atoms with Crippen LogP contribution in [0.2, 0.25) is 0 Å². The molecule has 0 spiro atoms. The van der Waals surface area contributed by atoms with Crippen molar-refractivity contribution in [2.24, 2.45) is 0 Å². The van der Waals surface area contributed by atoms with Gasteiger partial charge < -0.3 is 10.3 Å². The standard InChI is InChI=1S/C15H22N4/c1-3-6-15(7-9-16-10-8-15)14-18-12-5-4-11(2)17-13(12)19-14/h4-5,16H,3,6-10H2,1-2H3,(H,17,18,19). The Kier molecular flexibility index (Phi) is 3.27. The number of piperidine rings is 1. The van der Waals surface area contributed by atoms with Crippen LogP contribution >= 0.6 is 0 Å². The molecule has 0 bridgehead atoms. The molecule has 0 unspecified atom stereocenters. The molecule has 4 heteroatoms. The molecule has 1 aliphatic rings. The van der Waals surface area contributed by atoms with Gasteiger partial charge in [0.25, 0.3) is 0 Å². The summed E-state index contributed by atoms with van der Waals surface area (Å²) >= 11 is 0. The first kappa shape index (κ1) is 12.6. The van der Waals surface area contributed by atoms with Crippen molar-refractivity contribution in [3.05, 3.63) is 23.7 Å². The highest BCUT2D eigenvalue weighted by atomic mass is 15.0. The molecule has 1 fully saturated rings. The summed E-state index contributed by atoms with van der Waals surface area (Å²) in [5.74, 6) is 1.14. The van der Waals surface area contributed by atoms with E-state index in [9.17, 15) is 0 Å². The first-order valence-electron chi connectivity index (χ1n) is 7.28. The number of H-pyrrole nitrogens is 1. The molecule has 4 nitrogen and oxygen atoms in total. The van der Waals surface area contributed by atoms with Gasteiger partial charge in [-0.25, -0.2) is 9.97 Å². The van der Waals surface area contributed by atoms with Crippen molar-refractivity contribution < 1.29 is 0 Å². The quantitative estimate of drug-likeness (QED) is 0.890. The second-order valence-electron chi connectivity index (χ2n) is 5.69. The number of aromatic amines is 1. The Bertz CT molecular complexity index is 561. The van der Waals surface area contributed by atoms with E-state index in [0.717, 1.165) is 35.8 Å². The summed E-state index contributed by atoms with van der Waals surface area (Å²) in [6.45, 7) is 6.45. The van der Waals surface area contributed by atoms with E-state index in [1.165, 1.54) is 25.7 Å². The lowest BCUT2D eigenvalue weighted by Crippen LogP contribution is -2.40. The van der Waals surface area contributed by atoms with Gasteiger partial charge in [0.1, 0.15) is 5.82 Å². The third-order valence-electron chi connectivity index (χ3n) is 4.28. The largest absolute Gasteiger partial charge is 0.340 e. The predicted molar refractivity (Wildman–Crippen MR) is 77.3 cm³/mol. The van der Waals surface area contributed by atoms with E-state index < -0.39 is 0 Å². The van der Waals surface area contributed by atoms with Gasteiger partial charge in [-0.2, -0.15) is 0 Å². The molecule has 0 saturated carbocycles. The van der Waals surface area contributed by atoms with Crippen LogP contribution in [0.4, 0.5) is 0 Å². The summed E-state index contributed by atoms with van der Waals surface area (Å²) in [4.78, 5) is 12.8. The van der Waals surface area contributed by atoms with Gasteiger partial charge in [-0.05, 0) is 51.4 Å². The number of hydrogen-bond donors (Lipinski definition) is 2. The van der Waals surface area contributed by atoms with Crippen molar-refractivity contribution in [2.75, 3.05) is 13.1 Å². The van der Waals surface area contributed by atoms with E-state index in [4.69, 9.17) is 4.98 Å². The zero-order valence-electron chi connectivity index (χ0n) is 11.8. The maximum absolute atomic E-state index is 4.79. The second kappa shape index (κ2) is 4.93. The molecule has 0 atom stereocenters. The van der Waals surface area contributed by atoms with Gasteiger partial charge in [0, 0.05) is 11.1 Å². The van der Waals surface area contributed by atoms with Crippen molar-refractivity contribution in [3.8, 4) is 0 Å². The Hall–Kier alpha value is -1.42. The summed E-state index contributed by atoms with van der Waals surface area (Å²) in [6, 6.07) is 4.13. The van der Waals surface area contributed by atoms with E-state index in [1.807, 2.05) is 13.0 Å². The second-order valence-corrected chi connectivity index (χ2v) is 5.69. The molecule has 3 heterocycles. The Morgan fingerprint density at radius 2 is 2.00 bits per heavy atom. The highest BCUT2D eigenvalue weighted by Crippen LogP contribution is 2.36. The van der Waals surface area contributed by atoms with Gasteiger partial charge in [-0.3, -0.25) is 0 Å². The Morgan fingerprint density at radius 3 is 2.74 bits per heavy atom. The summed E-state index contributed by atoms with van der Waals surface area (Å²) in [5.41, 5.74) is 3.17. The fourth-order valence-electron chi connectivity index (χ4n) is 3.23. The molecule has 102 valence electrons. The third kappa shape index (κ3) is 2.25. The van der Waals surface area contributed by atoms with Crippen molar-refractivity contribution in [3.63, 3.8) is 0 Å². The Morgan fingerprint density at radius 1 is 1.21 bits per heavy atom. The molecule has 0 radical (unpaired) electrons. The number of imidazole rings is 1. The molecule has 0 aromatic carbocycles. The van der Waals surface area contributed by atoms with Crippen molar-refractivity contribution in [1.29, 1.82) is 0 Å². The van der Waals surface area contributed by atoms with Crippen LogP contribution in [0.15, 0.2) is 12.1 Å². The smallest absolute Gasteiger partial charge is 0.177 e. The number of fused-ring (bicyclic) bond motifs is 1. The lowest BCUT2D eigenvalue weighted by molar-refractivity contribution is 0.273. The van der Waals surface area contributed by atoms with Crippen LogP contribution in [0.1, 0.15) is 44.1 Å². The van der Waals surface area contributed by atoms with Crippen LogP contribution in [-0.2, 0) is 5.41 Å². The first-order valence-corrected chi connectivity index (χ1v) is 7.28. The highest BCUT2D eigenvalue weighted by Gasteiger charge is 2.35. The molecule has 1 saturated heterocycles. The van der Waals surface area contributed by atoms with Crippen molar-refractivity contribution >= 4 is 11.2 Å². The number of nitrogens with zero attached hydrogens (tertiary/aromatic N) is 2. The van der Waals surface area contributed by atoms with Gasteiger partial charge in [0.15, 0.2) is 5.65 Å². The summed E-state index contributed by atoms with van der Waals surface area (Å²) < 4.78 is 0. The zero-order chi connectivity index (χ0) is 13.3. The number of rotatable bonds is 3. The molecule has 1 aliphatic heterocycles. The van der Waals surface area contributed by atoms with Gasteiger partial charge in [0.2, 0.25) is 0 Å². The Balaban J connectivity index is 2.04. The van der Waals surface area contributed by atoms with Crippen LogP contribution in [0.25, 0.3) is 11.2 Å². The average molecular weight is 258 g/mol. The molecular formula is C15H22N4. The van der Waals surface area contributed by atoms with Crippen LogP contribution in [-0.4, -0.2) is 28.0 Å². The molecule has 0 aliphatic carbocycles. The third-order valence-corrected chi connectivity index (χ3v) is 4.28. The van der Waals surface area contributed by atoms with Gasteiger partial charge in [0.05, 0.1) is 5.52 Å². The van der Waals surface area contributed by atoms with Gasteiger partial charge in [-0.1, -0.05) is 13.3 Å². The topological polar surface area (TPSA) is 53.6 Å². The van der Waals surface area contributed by atoms with Crippen LogP contribution < -0.4 is 5.32 Å². The summed E-state index contributed by atoms with van der Waals surface area (Å²) in [6.07, 6.45) is 4.73. The number of aromatic nitrogens is 3. The van der Waals surface area contributed by atoms with E-state index in [2.05, 4.69) is 28.3 Å². The van der Waals surface area contributed by atoms with E-state index >= 15 is 0 Å². The number of pyridine rings is 1. The summed E-state index contributed by atoms with van der Waals surface area (Å²) in [5, 5.41) is 3.45. The van der Waals surface area contributed by atoms with Gasteiger partial charge in [-0.15, -0.1) is 0 Å². The molecule has 19 heavy (non-hydrogen) atoms. The normalized spacial score (nSPS) is 18.8. The maximum Gasteiger partial charge on any atom is 0.177 e. The van der Waals surface area contributed by atoms with E-state index in [0.29, 0.717) is 0 Å². The number of hydrogen-bond acceptors (Lipinski definition) is 3. The lowest BCUT2D eigenvalue weighted by Gasteiger charge is -2.35. The molecule has 2 aromatic rings. The van der Waals surface area contributed by atoms with Gasteiger partial charge >= 0.3 is 0 Å². The Labute approximate surface area is 114 Å². The lowest BCUT2D eigenvalue weighted by atomic mass is 9.75. The number of nitrogens with one attached hydrogen (secondary N) is 2. The van der Waals surface area contributed by atoms with E-state index in [1.54, 1.807) is 0 Å².